The molecule has 0 unspecified atom stereocenters. The molecular weight excluding hydrogens is 331 g/mol. The third kappa shape index (κ3) is 8.82. The van der Waals surface area contributed by atoms with Crippen LogP contribution in [-0.2, 0) is 25.9 Å². The molecule has 0 saturated carbocycles. The molecule has 0 bridgehead atoms. The number of alkyl halides is 1. The molecule has 2 nitrogen and oxygen atoms in total. The standard InChI is InChI=1S/C2H3BrO2.Pt/c3-1-2(4)5;/h1H2,(H,4,5);. The monoisotopic (exact) mass is 333 g/mol. The number of hydrogen-bond acceptors (Lipinski definition) is 1. The molecule has 6 heavy (non-hydrogen) atoms. The van der Waals surface area contributed by atoms with E-state index in [0.717, 1.165) is 0 Å². The summed E-state index contributed by atoms with van der Waals surface area (Å²) in [6.07, 6.45) is 0. The fourth-order valence-electron chi connectivity index (χ4n) is 0. The quantitative estimate of drug-likeness (QED) is 0.708. The molecule has 0 spiro atoms. The molecule has 0 atom stereocenters. The van der Waals surface area contributed by atoms with Crippen molar-refractivity contribution in [1.29, 1.82) is 0 Å². The molecule has 0 fully saturated rings. The van der Waals surface area contributed by atoms with Gasteiger partial charge in [0.15, 0.2) is 0 Å². The van der Waals surface area contributed by atoms with Crippen LogP contribution in [0.2, 0.25) is 0 Å². The summed E-state index contributed by atoms with van der Waals surface area (Å²) < 4.78 is 0. The van der Waals surface area contributed by atoms with Crippen molar-refractivity contribution < 1.29 is 31.0 Å². The van der Waals surface area contributed by atoms with Gasteiger partial charge in [0.25, 0.3) is 0 Å². The molecule has 0 radical (unpaired) electrons. The van der Waals surface area contributed by atoms with E-state index in [4.69, 9.17) is 5.11 Å². The summed E-state index contributed by atoms with van der Waals surface area (Å²) in [7, 11) is 0. The van der Waals surface area contributed by atoms with E-state index in [0.29, 0.717) is 0 Å². The molecule has 0 rings (SSSR count). The first kappa shape index (κ1) is 9.81. The summed E-state index contributed by atoms with van der Waals surface area (Å²) >= 11 is 2.71. The van der Waals surface area contributed by atoms with E-state index in [-0.39, 0.29) is 26.4 Å². The molecule has 0 aliphatic rings. The normalized spacial score (nSPS) is 6.17. The second-order valence-corrected chi connectivity index (χ2v) is 1.09. The zero-order valence-electron chi connectivity index (χ0n) is 2.76. The fraction of sp³-hybridized carbons (Fsp3) is 0.500. The van der Waals surface area contributed by atoms with Gasteiger partial charge < -0.3 is 5.11 Å². The maximum Gasteiger partial charge on any atom is 0.314 e. The Morgan fingerprint density at radius 3 is 2.00 bits per heavy atom. The van der Waals surface area contributed by atoms with Crippen molar-refractivity contribution in [2.45, 2.75) is 0 Å². The Bertz CT molecular complexity index is 46.8. The van der Waals surface area contributed by atoms with Crippen molar-refractivity contribution in [3.63, 3.8) is 0 Å². The molecule has 4 heteroatoms. The average molecular weight is 334 g/mol. The smallest absolute Gasteiger partial charge is 0.314 e. The van der Waals surface area contributed by atoms with E-state index < -0.39 is 5.97 Å². The van der Waals surface area contributed by atoms with Gasteiger partial charge in [-0.15, -0.1) is 0 Å². The van der Waals surface area contributed by atoms with Crippen molar-refractivity contribution >= 4 is 21.9 Å². The van der Waals surface area contributed by atoms with Crippen LogP contribution in [0.5, 0.6) is 0 Å². The number of carboxylic acid groups (broad SMARTS) is 1. The molecule has 40 valence electrons. The predicted molar refractivity (Wildman–Crippen MR) is 21.4 cm³/mol. The first-order chi connectivity index (χ1) is 2.27. The molecule has 0 saturated heterocycles. The molecule has 1 N–H and O–H groups in total. The van der Waals surface area contributed by atoms with Crippen LogP contribution in [0.15, 0.2) is 0 Å². The van der Waals surface area contributed by atoms with Gasteiger partial charge in [0.2, 0.25) is 0 Å². The SMILES string of the molecule is O=C(O)CBr.[Pt]. The summed E-state index contributed by atoms with van der Waals surface area (Å²) in [5, 5.41) is 7.71. The Morgan fingerprint density at radius 1 is 1.83 bits per heavy atom. The van der Waals surface area contributed by atoms with Gasteiger partial charge in [-0.1, -0.05) is 15.9 Å². The van der Waals surface area contributed by atoms with Crippen molar-refractivity contribution in [2.75, 3.05) is 5.33 Å². The largest absolute Gasteiger partial charge is 0.481 e. The average Bonchev–Trinajstić information content (AvgIpc) is 1.38. The molecule has 0 aromatic heterocycles. The number of halogens is 1. The third-order valence-electron chi connectivity index (χ3n) is 0.114. The molecule has 0 aliphatic heterocycles. The van der Waals surface area contributed by atoms with Gasteiger partial charge in [0.05, 0.1) is 0 Å². The van der Waals surface area contributed by atoms with E-state index >= 15 is 0 Å². The maximum absolute atomic E-state index is 9.32. The Labute approximate surface area is 58.3 Å². The van der Waals surface area contributed by atoms with Crippen molar-refractivity contribution in [3.05, 3.63) is 0 Å². The molecular formula is C2H3BrO2Pt. The van der Waals surface area contributed by atoms with Gasteiger partial charge >= 0.3 is 5.97 Å². The minimum Gasteiger partial charge on any atom is -0.481 e. The number of rotatable bonds is 1. The Balaban J connectivity index is 0. The predicted octanol–water partition coefficient (Wildman–Crippen LogP) is 0.463. The Kier molecular flexibility index (Phi) is 9.22. The second-order valence-electron chi connectivity index (χ2n) is 0.527. The van der Waals surface area contributed by atoms with Crippen molar-refractivity contribution in [3.8, 4) is 0 Å². The van der Waals surface area contributed by atoms with Crippen LogP contribution in [0, 0.1) is 0 Å². The topological polar surface area (TPSA) is 37.3 Å². The van der Waals surface area contributed by atoms with Gasteiger partial charge in [0, 0.05) is 21.1 Å². The van der Waals surface area contributed by atoms with E-state index in [1.165, 1.54) is 0 Å². The van der Waals surface area contributed by atoms with Gasteiger partial charge in [-0.2, -0.15) is 0 Å². The molecule has 0 aromatic rings. The van der Waals surface area contributed by atoms with E-state index in [1.54, 1.807) is 0 Å². The molecule has 0 heterocycles. The van der Waals surface area contributed by atoms with Gasteiger partial charge in [-0.05, 0) is 0 Å². The summed E-state index contributed by atoms with van der Waals surface area (Å²) in [5.41, 5.74) is 0. The van der Waals surface area contributed by atoms with Crippen LogP contribution in [0.3, 0.4) is 0 Å². The van der Waals surface area contributed by atoms with Crippen LogP contribution >= 0.6 is 15.9 Å². The Hall–Kier alpha value is 0.638. The van der Waals surface area contributed by atoms with Crippen molar-refractivity contribution in [1.82, 2.24) is 0 Å². The summed E-state index contributed by atoms with van der Waals surface area (Å²) in [5.74, 6) is -0.829. The minimum atomic E-state index is -0.829. The van der Waals surface area contributed by atoms with E-state index in [2.05, 4.69) is 15.9 Å². The minimum absolute atomic E-state index is 0. The first-order valence-electron chi connectivity index (χ1n) is 1.05. The summed E-state index contributed by atoms with van der Waals surface area (Å²) in [6, 6.07) is 0. The van der Waals surface area contributed by atoms with Crippen molar-refractivity contribution in [2.24, 2.45) is 0 Å². The molecule has 0 aromatic carbocycles. The fourth-order valence-corrected chi connectivity index (χ4v) is 0. The van der Waals surface area contributed by atoms with E-state index in [1.807, 2.05) is 0 Å². The van der Waals surface area contributed by atoms with Crippen LogP contribution in [0.1, 0.15) is 0 Å². The molecule has 0 aliphatic carbocycles. The number of carboxylic acids is 1. The number of carbonyl (C=O) groups is 1. The second kappa shape index (κ2) is 5.64. The van der Waals surface area contributed by atoms with Crippen LogP contribution < -0.4 is 0 Å². The molecule has 0 amide bonds. The van der Waals surface area contributed by atoms with Crippen LogP contribution in [0.25, 0.3) is 0 Å². The van der Waals surface area contributed by atoms with Crippen LogP contribution in [0.4, 0.5) is 0 Å². The third-order valence-corrected chi connectivity index (χ3v) is 0.594. The number of hydrogen-bond donors (Lipinski definition) is 1. The first-order valence-corrected chi connectivity index (χ1v) is 2.17. The van der Waals surface area contributed by atoms with Gasteiger partial charge in [-0.25, -0.2) is 0 Å². The summed E-state index contributed by atoms with van der Waals surface area (Å²) in [6.45, 7) is 0. The van der Waals surface area contributed by atoms with Gasteiger partial charge in [0.1, 0.15) is 5.33 Å². The number of aliphatic carboxylic acids is 1. The zero-order chi connectivity index (χ0) is 4.28. The maximum atomic E-state index is 9.32. The Morgan fingerprint density at radius 2 is 2.00 bits per heavy atom. The summed E-state index contributed by atoms with van der Waals surface area (Å²) in [4.78, 5) is 9.32. The van der Waals surface area contributed by atoms with Gasteiger partial charge in [-0.3, -0.25) is 4.79 Å². The van der Waals surface area contributed by atoms with E-state index in [9.17, 15) is 4.79 Å². The van der Waals surface area contributed by atoms with Crippen LogP contribution in [-0.4, -0.2) is 16.4 Å². The zero-order valence-corrected chi connectivity index (χ0v) is 6.61.